The third kappa shape index (κ3) is 4.55. The molecule has 1 heterocycles. The molecule has 1 aromatic rings. The smallest absolute Gasteiger partial charge is 0.344 e. The summed E-state index contributed by atoms with van der Waals surface area (Å²) >= 11 is 1.13. The van der Waals surface area contributed by atoms with Crippen molar-refractivity contribution in [3.8, 4) is 0 Å². The fourth-order valence-corrected chi connectivity index (χ4v) is 2.35. The molecule has 19 heavy (non-hydrogen) atoms. The van der Waals surface area contributed by atoms with E-state index in [-0.39, 0.29) is 36.3 Å². The highest BCUT2D eigenvalue weighted by Gasteiger charge is 2.15. The minimum atomic E-state index is -0.531. The average Bonchev–Trinajstić information content (AvgIpc) is 2.68. The zero-order valence-corrected chi connectivity index (χ0v) is 12.0. The predicted octanol–water partition coefficient (Wildman–Crippen LogP) is 0.767. The Bertz CT molecular complexity index is 506. The Labute approximate surface area is 114 Å². The zero-order chi connectivity index (χ0) is 14.4. The van der Waals surface area contributed by atoms with E-state index in [0.29, 0.717) is 5.16 Å². The molecule has 1 aromatic heterocycles. The summed E-state index contributed by atoms with van der Waals surface area (Å²) in [6.07, 6.45) is -0.253. The van der Waals surface area contributed by atoms with Crippen molar-refractivity contribution in [3.63, 3.8) is 0 Å². The van der Waals surface area contributed by atoms with Crippen LogP contribution in [-0.2, 0) is 14.3 Å². The second-order valence-electron chi connectivity index (χ2n) is 4.08. The number of rotatable bonds is 7. The number of nitrogens with one attached hydrogen (secondary N) is 1. The molecular formula is C11H17N3O4S. The molecule has 1 rings (SSSR count). The Kier molecular flexibility index (Phi) is 5.81. The molecule has 0 amide bonds. The van der Waals surface area contributed by atoms with Gasteiger partial charge in [-0.15, -0.1) is 5.10 Å². The summed E-state index contributed by atoms with van der Waals surface area (Å²) in [6, 6.07) is -0.0473. The lowest BCUT2D eigenvalue weighted by molar-refractivity contribution is -0.145. The quantitative estimate of drug-likeness (QED) is 0.452. The first-order valence-corrected chi connectivity index (χ1v) is 6.91. The van der Waals surface area contributed by atoms with E-state index in [0.717, 1.165) is 11.8 Å². The van der Waals surface area contributed by atoms with Gasteiger partial charge in [0.2, 0.25) is 0 Å². The number of aromatic amines is 1. The van der Waals surface area contributed by atoms with Crippen LogP contribution < -0.4 is 5.69 Å². The number of H-pyrrole nitrogens is 1. The third-order valence-electron chi connectivity index (χ3n) is 2.20. The first-order valence-electron chi connectivity index (χ1n) is 5.92. The average molecular weight is 287 g/mol. The first-order chi connectivity index (χ1) is 8.95. The van der Waals surface area contributed by atoms with Crippen LogP contribution in [-0.4, -0.2) is 38.9 Å². The second kappa shape index (κ2) is 7.13. The number of Topliss-reactive ketones (excluding diaryl/α,β-unsaturated/α-hetero) is 1. The van der Waals surface area contributed by atoms with Gasteiger partial charge in [0.1, 0.15) is 6.42 Å². The SMILES string of the molecule is CCOC(=O)CC(=O)CSc1n[nH]c(=O)n1C(C)C. The van der Waals surface area contributed by atoms with E-state index in [1.54, 1.807) is 6.92 Å². The molecule has 0 atom stereocenters. The van der Waals surface area contributed by atoms with Gasteiger partial charge in [-0.1, -0.05) is 11.8 Å². The number of hydrogen-bond acceptors (Lipinski definition) is 6. The molecule has 8 heteroatoms. The summed E-state index contributed by atoms with van der Waals surface area (Å²) in [5.74, 6) is -0.707. The topological polar surface area (TPSA) is 94.1 Å². The maximum atomic E-state index is 11.5. The van der Waals surface area contributed by atoms with Crippen molar-refractivity contribution in [2.45, 2.75) is 38.4 Å². The fraction of sp³-hybridized carbons (Fsp3) is 0.636. The monoisotopic (exact) mass is 287 g/mol. The largest absolute Gasteiger partial charge is 0.466 e. The van der Waals surface area contributed by atoms with Gasteiger partial charge < -0.3 is 4.74 Å². The van der Waals surface area contributed by atoms with Gasteiger partial charge in [0, 0.05) is 6.04 Å². The highest BCUT2D eigenvalue weighted by atomic mass is 32.2. The second-order valence-corrected chi connectivity index (χ2v) is 5.03. The van der Waals surface area contributed by atoms with Crippen LogP contribution >= 0.6 is 11.8 Å². The van der Waals surface area contributed by atoms with Crippen LogP contribution in [0.5, 0.6) is 0 Å². The van der Waals surface area contributed by atoms with E-state index in [1.807, 2.05) is 13.8 Å². The number of ketones is 1. The number of aromatic nitrogens is 3. The summed E-state index contributed by atoms with van der Waals surface area (Å²) in [5.41, 5.74) is -0.310. The molecule has 0 radical (unpaired) electrons. The van der Waals surface area contributed by atoms with Gasteiger partial charge in [0.15, 0.2) is 10.9 Å². The molecule has 0 aliphatic carbocycles. The van der Waals surface area contributed by atoms with Gasteiger partial charge in [0.05, 0.1) is 12.4 Å². The highest BCUT2D eigenvalue weighted by Crippen LogP contribution is 2.17. The molecule has 0 aliphatic heterocycles. The van der Waals surface area contributed by atoms with Gasteiger partial charge >= 0.3 is 11.7 Å². The number of ether oxygens (including phenoxy) is 1. The number of hydrogen-bond donors (Lipinski definition) is 1. The lowest BCUT2D eigenvalue weighted by Gasteiger charge is -2.07. The number of nitrogens with zero attached hydrogens (tertiary/aromatic N) is 2. The highest BCUT2D eigenvalue weighted by molar-refractivity contribution is 7.99. The molecule has 0 bridgehead atoms. The van der Waals surface area contributed by atoms with Crippen molar-refractivity contribution in [1.82, 2.24) is 14.8 Å². The van der Waals surface area contributed by atoms with Crippen LogP contribution in [0.2, 0.25) is 0 Å². The zero-order valence-electron chi connectivity index (χ0n) is 11.1. The van der Waals surface area contributed by atoms with Gasteiger partial charge in [-0.25, -0.2) is 9.89 Å². The van der Waals surface area contributed by atoms with Crippen LogP contribution in [0.3, 0.4) is 0 Å². The standard InChI is InChI=1S/C11H17N3O4S/c1-4-18-9(16)5-8(15)6-19-11-13-12-10(17)14(11)7(2)3/h7H,4-6H2,1-3H3,(H,12,17). The lowest BCUT2D eigenvalue weighted by atomic mass is 10.3. The van der Waals surface area contributed by atoms with Crippen molar-refractivity contribution >= 4 is 23.5 Å². The summed E-state index contributed by atoms with van der Waals surface area (Å²) < 4.78 is 6.15. The number of carbonyl (C=O) groups excluding carboxylic acids is 2. The molecule has 0 aromatic carbocycles. The van der Waals surface area contributed by atoms with Crippen molar-refractivity contribution in [2.75, 3.05) is 12.4 Å². The van der Waals surface area contributed by atoms with E-state index in [1.165, 1.54) is 4.57 Å². The molecule has 0 saturated carbocycles. The normalized spacial score (nSPS) is 10.7. The van der Waals surface area contributed by atoms with Crippen molar-refractivity contribution in [3.05, 3.63) is 10.5 Å². The van der Waals surface area contributed by atoms with Crippen LogP contribution in [0.25, 0.3) is 0 Å². The van der Waals surface area contributed by atoms with E-state index >= 15 is 0 Å². The number of carbonyl (C=O) groups is 2. The van der Waals surface area contributed by atoms with Crippen molar-refractivity contribution < 1.29 is 14.3 Å². The summed E-state index contributed by atoms with van der Waals surface area (Å²) in [7, 11) is 0. The maximum absolute atomic E-state index is 11.5. The van der Waals surface area contributed by atoms with Gasteiger partial charge in [-0.05, 0) is 20.8 Å². The van der Waals surface area contributed by atoms with Gasteiger partial charge in [0.25, 0.3) is 0 Å². The molecule has 7 nitrogen and oxygen atoms in total. The molecule has 0 saturated heterocycles. The maximum Gasteiger partial charge on any atom is 0.344 e. The van der Waals surface area contributed by atoms with Gasteiger partial charge in [-0.2, -0.15) is 0 Å². The van der Waals surface area contributed by atoms with E-state index in [4.69, 9.17) is 0 Å². The van der Waals surface area contributed by atoms with Gasteiger partial charge in [-0.3, -0.25) is 14.2 Å². The van der Waals surface area contributed by atoms with Crippen molar-refractivity contribution in [1.29, 1.82) is 0 Å². The minimum Gasteiger partial charge on any atom is -0.466 e. The summed E-state index contributed by atoms with van der Waals surface area (Å²) in [4.78, 5) is 34.1. The molecule has 0 fully saturated rings. The third-order valence-corrected chi connectivity index (χ3v) is 3.21. The lowest BCUT2D eigenvalue weighted by Crippen LogP contribution is -2.20. The molecule has 0 aliphatic rings. The molecular weight excluding hydrogens is 270 g/mol. The predicted molar refractivity (Wildman–Crippen MR) is 70.2 cm³/mol. The van der Waals surface area contributed by atoms with E-state index in [9.17, 15) is 14.4 Å². The van der Waals surface area contributed by atoms with Crippen LogP contribution in [0.15, 0.2) is 9.95 Å². The molecule has 1 N–H and O–H groups in total. The van der Waals surface area contributed by atoms with Crippen molar-refractivity contribution in [2.24, 2.45) is 0 Å². The summed E-state index contributed by atoms with van der Waals surface area (Å²) in [6.45, 7) is 5.64. The fourth-order valence-electron chi connectivity index (χ4n) is 1.42. The Morgan fingerprint density at radius 2 is 2.16 bits per heavy atom. The number of esters is 1. The van der Waals surface area contributed by atoms with Crippen LogP contribution in [0, 0.1) is 0 Å². The molecule has 0 spiro atoms. The Hall–Kier alpha value is -1.57. The Balaban J connectivity index is 2.56. The molecule has 0 unspecified atom stereocenters. The van der Waals surface area contributed by atoms with Crippen LogP contribution in [0.4, 0.5) is 0 Å². The first kappa shape index (κ1) is 15.5. The van der Waals surface area contributed by atoms with Crippen LogP contribution in [0.1, 0.15) is 33.2 Å². The minimum absolute atomic E-state index is 0.0473. The van der Waals surface area contributed by atoms with E-state index in [2.05, 4.69) is 14.9 Å². The number of thioether (sulfide) groups is 1. The Morgan fingerprint density at radius 1 is 1.47 bits per heavy atom. The Morgan fingerprint density at radius 3 is 2.74 bits per heavy atom. The van der Waals surface area contributed by atoms with E-state index < -0.39 is 5.97 Å². The summed E-state index contributed by atoms with van der Waals surface area (Å²) in [5, 5.41) is 6.62. The molecule has 106 valence electrons.